The average molecular weight is 421 g/mol. The molecule has 8 nitrogen and oxygen atoms in total. The molecule has 1 atom stereocenters. The lowest BCUT2D eigenvalue weighted by atomic mass is 9.94. The number of amides is 3. The molecule has 3 amide bonds. The molecular weight excluding hydrogens is 396 g/mol. The number of methoxy groups -OCH3 is 1. The highest BCUT2D eigenvalue weighted by Gasteiger charge is 2.46. The summed E-state index contributed by atoms with van der Waals surface area (Å²) in [5.74, 6) is 0.729. The highest BCUT2D eigenvalue weighted by atomic mass is 16.5. The number of unbranched alkanes of at least 4 members (excludes halogenated alkanes) is 2. The number of hydrogen-bond acceptors (Lipinski definition) is 6. The smallest absolute Gasteiger partial charge is 0.497 e. The molecule has 0 saturated carbocycles. The number of imide groups is 1. The Bertz CT molecular complexity index is 1080. The van der Waals surface area contributed by atoms with Gasteiger partial charge < -0.3 is 9.26 Å². The zero-order chi connectivity index (χ0) is 21.8. The normalized spacial score (nSPS) is 18.0. The number of aromatic nitrogens is 2. The lowest BCUT2D eigenvalue weighted by Crippen LogP contribution is -2.54. The molecule has 1 aromatic carbocycles. The second kappa shape index (κ2) is 9.07. The fraction of sp³-hybridized carbons (Fsp3) is 0.348. The molecule has 160 valence electrons. The van der Waals surface area contributed by atoms with Gasteiger partial charge in [0.15, 0.2) is 6.54 Å². The van der Waals surface area contributed by atoms with Crippen molar-refractivity contribution in [1.29, 1.82) is 0 Å². The number of carbonyl (C=O) groups excluding carboxylic acids is 2. The van der Waals surface area contributed by atoms with Crippen LogP contribution < -0.4 is 4.74 Å². The van der Waals surface area contributed by atoms with Gasteiger partial charge in [0.05, 0.1) is 13.7 Å². The molecule has 2 aromatic rings. The number of allylic oxidation sites excluding steroid dienone is 3. The fourth-order valence-electron chi connectivity index (χ4n) is 3.74. The van der Waals surface area contributed by atoms with Crippen LogP contribution in [0.3, 0.4) is 0 Å². The molecular formula is C23H25N4O4+. The predicted octanol–water partition coefficient (Wildman–Crippen LogP) is 3.59. The third kappa shape index (κ3) is 4.19. The topological polar surface area (TPSA) is 88.5 Å². The third-order valence-electron chi connectivity index (χ3n) is 5.38. The van der Waals surface area contributed by atoms with Crippen molar-refractivity contribution < 1.29 is 23.4 Å². The number of hydrogen-bond donors (Lipinski definition) is 0. The molecule has 0 fully saturated rings. The summed E-state index contributed by atoms with van der Waals surface area (Å²) in [7, 11) is 1.59. The summed E-state index contributed by atoms with van der Waals surface area (Å²) >= 11 is 0. The van der Waals surface area contributed by atoms with Crippen LogP contribution in [-0.2, 0) is 11.3 Å². The van der Waals surface area contributed by atoms with Crippen LogP contribution in [0.15, 0.2) is 53.1 Å². The number of fused-ring (bicyclic) bond motifs is 1. The van der Waals surface area contributed by atoms with Gasteiger partial charge in [0.25, 0.3) is 5.89 Å². The molecule has 1 aliphatic carbocycles. The minimum Gasteiger partial charge on any atom is -0.497 e. The summed E-state index contributed by atoms with van der Waals surface area (Å²) in [6, 6.07) is 7.00. The zero-order valence-corrected chi connectivity index (χ0v) is 17.7. The van der Waals surface area contributed by atoms with Crippen LogP contribution in [0.4, 0.5) is 4.79 Å². The van der Waals surface area contributed by atoms with Gasteiger partial charge in [0.2, 0.25) is 5.82 Å². The largest absolute Gasteiger partial charge is 0.501 e. The maximum Gasteiger partial charge on any atom is 0.501 e. The van der Waals surface area contributed by atoms with E-state index < -0.39 is 5.92 Å². The van der Waals surface area contributed by atoms with Crippen molar-refractivity contribution in [3.63, 3.8) is 0 Å². The number of nitrogens with zero attached hydrogens (tertiary/aromatic N) is 4. The Labute approximate surface area is 180 Å². The van der Waals surface area contributed by atoms with Crippen molar-refractivity contribution in [3.05, 3.63) is 54.5 Å². The molecule has 0 radical (unpaired) electrons. The second-order valence-electron chi connectivity index (χ2n) is 7.46. The lowest BCUT2D eigenvalue weighted by molar-refractivity contribution is -0.460. The molecule has 8 heteroatoms. The van der Waals surface area contributed by atoms with Gasteiger partial charge in [0, 0.05) is 5.56 Å². The summed E-state index contributed by atoms with van der Waals surface area (Å²) in [6.45, 7) is 2.59. The van der Waals surface area contributed by atoms with E-state index in [1.54, 1.807) is 17.8 Å². The number of benzene rings is 1. The minimum atomic E-state index is -0.481. The van der Waals surface area contributed by atoms with Crippen molar-refractivity contribution in [2.45, 2.75) is 32.7 Å². The fourth-order valence-corrected chi connectivity index (χ4v) is 3.74. The Balaban J connectivity index is 1.62. The molecule has 1 unspecified atom stereocenters. The quantitative estimate of drug-likeness (QED) is 0.478. The van der Waals surface area contributed by atoms with E-state index in [-0.39, 0.29) is 18.5 Å². The van der Waals surface area contributed by atoms with Gasteiger partial charge in [-0.3, -0.25) is 0 Å². The highest BCUT2D eigenvalue weighted by molar-refractivity contribution is 6.16. The Hall–Kier alpha value is -3.55. The Kier molecular flexibility index (Phi) is 6.06. The van der Waals surface area contributed by atoms with Gasteiger partial charge in [-0.1, -0.05) is 48.9 Å². The lowest BCUT2D eigenvalue weighted by Gasteiger charge is -2.26. The van der Waals surface area contributed by atoms with Crippen LogP contribution in [0.25, 0.3) is 11.4 Å². The summed E-state index contributed by atoms with van der Waals surface area (Å²) in [6.07, 6.45) is 10.0. The van der Waals surface area contributed by atoms with Crippen LogP contribution in [0, 0.1) is 5.92 Å². The number of ether oxygens (including phenoxy) is 1. The highest BCUT2D eigenvalue weighted by Crippen LogP contribution is 2.24. The van der Waals surface area contributed by atoms with E-state index in [9.17, 15) is 9.59 Å². The molecule has 0 N–H and O–H groups in total. The maximum absolute atomic E-state index is 13.2. The van der Waals surface area contributed by atoms with Crippen molar-refractivity contribution in [1.82, 2.24) is 15.0 Å². The van der Waals surface area contributed by atoms with E-state index in [0.29, 0.717) is 29.7 Å². The van der Waals surface area contributed by atoms with E-state index in [4.69, 9.17) is 9.26 Å². The number of rotatable bonds is 8. The first-order valence-corrected chi connectivity index (χ1v) is 10.4. The summed E-state index contributed by atoms with van der Waals surface area (Å²) in [4.78, 5) is 31.9. The van der Waals surface area contributed by atoms with Crippen molar-refractivity contribution in [2.24, 2.45) is 5.92 Å². The first kappa shape index (κ1) is 20.7. The first-order chi connectivity index (χ1) is 15.1. The molecule has 1 aliphatic heterocycles. The molecule has 0 saturated heterocycles. The van der Waals surface area contributed by atoms with Crippen LogP contribution in [0.2, 0.25) is 0 Å². The molecule has 2 aliphatic rings. The van der Waals surface area contributed by atoms with Crippen LogP contribution in [-0.4, -0.2) is 50.9 Å². The van der Waals surface area contributed by atoms with Gasteiger partial charge in [-0.15, -0.1) is 0 Å². The minimum absolute atomic E-state index is 0.0946. The molecule has 31 heavy (non-hydrogen) atoms. The monoisotopic (exact) mass is 421 g/mol. The molecule has 2 heterocycles. The molecule has 0 bridgehead atoms. The van der Waals surface area contributed by atoms with Gasteiger partial charge in [0.1, 0.15) is 17.4 Å². The number of urea groups is 1. The first-order valence-electron chi connectivity index (χ1n) is 10.4. The standard InChI is InChI=1S/C23H25N4O4/c1-3-4-7-13-26-22(28)18-11-5-6-12-19(18)27(23(26)29)15-20-24-21(25-31-20)16-9-8-10-17(14-16)30-2/h5-6,8-12,14,18H,3-4,7,13,15H2,1-2H3/q+1. The summed E-state index contributed by atoms with van der Waals surface area (Å²) < 4.78 is 12.2. The molecule has 0 spiro atoms. The predicted molar refractivity (Wildman–Crippen MR) is 114 cm³/mol. The molecule has 4 rings (SSSR count). The van der Waals surface area contributed by atoms with Crippen molar-refractivity contribution >= 4 is 17.6 Å². The van der Waals surface area contributed by atoms with E-state index in [2.05, 4.69) is 17.1 Å². The Morgan fingerprint density at radius 1 is 1.23 bits per heavy atom. The second-order valence-corrected chi connectivity index (χ2v) is 7.46. The van der Waals surface area contributed by atoms with E-state index in [1.807, 2.05) is 42.5 Å². The Morgan fingerprint density at radius 3 is 2.90 bits per heavy atom. The van der Waals surface area contributed by atoms with E-state index >= 15 is 0 Å². The van der Waals surface area contributed by atoms with Gasteiger partial charge in [-0.05, 0) is 31.1 Å². The van der Waals surface area contributed by atoms with Crippen LogP contribution in [0.5, 0.6) is 5.75 Å². The maximum atomic E-state index is 13.2. The molecule has 1 aromatic heterocycles. The summed E-state index contributed by atoms with van der Waals surface area (Å²) in [5.41, 5.74) is 1.38. The third-order valence-corrected chi connectivity index (χ3v) is 5.38. The van der Waals surface area contributed by atoms with Gasteiger partial charge >= 0.3 is 11.9 Å². The van der Waals surface area contributed by atoms with Crippen LogP contribution >= 0.6 is 0 Å². The SMILES string of the molecule is CCCCCN1C(=O)C2C=CC=CC2=[N+](Cc2nc(-c3cccc(OC)c3)no2)C1=O. The Morgan fingerprint density at radius 2 is 2.10 bits per heavy atom. The van der Waals surface area contributed by atoms with Crippen molar-refractivity contribution in [3.8, 4) is 17.1 Å². The average Bonchev–Trinajstić information content (AvgIpc) is 3.28. The van der Waals surface area contributed by atoms with E-state index in [0.717, 1.165) is 24.8 Å². The zero-order valence-electron chi connectivity index (χ0n) is 17.7. The number of carbonyl (C=O) groups is 2. The van der Waals surface area contributed by atoms with E-state index in [1.165, 1.54) is 4.90 Å². The van der Waals surface area contributed by atoms with Crippen LogP contribution in [0.1, 0.15) is 32.1 Å². The van der Waals surface area contributed by atoms with Gasteiger partial charge in [-0.2, -0.15) is 19.3 Å². The van der Waals surface area contributed by atoms with Gasteiger partial charge in [-0.25, -0.2) is 4.79 Å². The van der Waals surface area contributed by atoms with Crippen molar-refractivity contribution in [2.75, 3.05) is 13.7 Å². The summed E-state index contributed by atoms with van der Waals surface area (Å²) in [5, 5.41) is 4.05.